The van der Waals surface area contributed by atoms with E-state index in [9.17, 15) is 4.79 Å². The summed E-state index contributed by atoms with van der Waals surface area (Å²) in [6.45, 7) is 8.08. The van der Waals surface area contributed by atoms with Crippen LogP contribution in [0.5, 0.6) is 0 Å². The molecule has 0 saturated carbocycles. The number of rotatable bonds is 3. The molecule has 0 aliphatic carbocycles. The highest BCUT2D eigenvalue weighted by molar-refractivity contribution is 6.02. The summed E-state index contributed by atoms with van der Waals surface area (Å²) in [5.74, 6) is 1.52. The second-order valence-corrected chi connectivity index (χ2v) is 6.76. The van der Waals surface area contributed by atoms with E-state index in [2.05, 4.69) is 10.3 Å². The second-order valence-electron chi connectivity index (χ2n) is 6.76. The molecule has 0 unspecified atom stereocenters. The van der Waals surface area contributed by atoms with E-state index in [1.54, 1.807) is 12.3 Å². The number of nitrogens with zero attached hydrogens (tertiary/aromatic N) is 1. The van der Waals surface area contributed by atoms with Crippen molar-refractivity contribution in [2.45, 2.75) is 33.1 Å². The number of hydrogen-bond acceptors (Lipinski definition) is 4. The van der Waals surface area contributed by atoms with Gasteiger partial charge in [-0.05, 0) is 42.8 Å². The molecular weight excluding hydrogens is 304 g/mol. The summed E-state index contributed by atoms with van der Waals surface area (Å²) < 4.78 is 11.0. The summed E-state index contributed by atoms with van der Waals surface area (Å²) in [5.41, 5.74) is 2.50. The maximum atomic E-state index is 12.3. The van der Waals surface area contributed by atoms with Gasteiger partial charge in [0.1, 0.15) is 5.76 Å². The van der Waals surface area contributed by atoms with E-state index in [1.807, 2.05) is 52.0 Å². The Morgan fingerprint density at radius 2 is 1.96 bits per heavy atom. The topological polar surface area (TPSA) is 68.3 Å². The molecule has 2 heterocycles. The van der Waals surface area contributed by atoms with Gasteiger partial charge in [0.2, 0.25) is 0 Å². The molecule has 1 aromatic carbocycles. The van der Waals surface area contributed by atoms with Gasteiger partial charge >= 0.3 is 0 Å². The zero-order chi connectivity index (χ0) is 17.3. The van der Waals surface area contributed by atoms with Crippen LogP contribution in [-0.4, -0.2) is 10.9 Å². The minimum absolute atomic E-state index is 0.131. The number of nitrogens with one attached hydrogen (secondary N) is 1. The van der Waals surface area contributed by atoms with Crippen molar-refractivity contribution in [3.05, 3.63) is 60.0 Å². The first-order chi connectivity index (χ1) is 11.3. The Morgan fingerprint density at radius 1 is 1.17 bits per heavy atom. The Balaban J connectivity index is 1.77. The van der Waals surface area contributed by atoms with Gasteiger partial charge in [0.05, 0.1) is 6.20 Å². The van der Waals surface area contributed by atoms with Crippen molar-refractivity contribution in [3.8, 4) is 11.3 Å². The molecule has 3 rings (SSSR count). The van der Waals surface area contributed by atoms with Crippen molar-refractivity contribution in [1.82, 2.24) is 4.98 Å². The number of anilines is 1. The summed E-state index contributed by atoms with van der Waals surface area (Å²) in [6, 6.07) is 9.16. The molecule has 0 fully saturated rings. The van der Waals surface area contributed by atoms with Crippen molar-refractivity contribution < 1.29 is 13.6 Å². The summed E-state index contributed by atoms with van der Waals surface area (Å²) >= 11 is 0. The average Bonchev–Trinajstić information content (AvgIpc) is 3.18. The molecule has 0 aliphatic rings. The minimum Gasteiger partial charge on any atom is -0.455 e. The fourth-order valence-corrected chi connectivity index (χ4v) is 2.42. The number of aryl methyl sites for hydroxylation is 1. The van der Waals surface area contributed by atoms with Crippen molar-refractivity contribution in [1.29, 1.82) is 0 Å². The lowest BCUT2D eigenvalue weighted by atomic mass is 9.94. The van der Waals surface area contributed by atoms with Crippen LogP contribution >= 0.6 is 0 Å². The number of amides is 1. The minimum atomic E-state index is -0.266. The van der Waals surface area contributed by atoms with Crippen LogP contribution in [0.3, 0.4) is 0 Å². The maximum absolute atomic E-state index is 12.3. The molecule has 1 N–H and O–H groups in total. The van der Waals surface area contributed by atoms with E-state index in [-0.39, 0.29) is 11.3 Å². The van der Waals surface area contributed by atoms with Gasteiger partial charge in [0.15, 0.2) is 17.9 Å². The molecule has 2 aromatic heterocycles. The highest BCUT2D eigenvalue weighted by atomic mass is 16.4. The molecule has 0 bridgehead atoms. The number of oxazole rings is 1. The SMILES string of the molecule is Cc1cc(NC(=O)c2ccc(C(C)(C)C)o2)ccc1-c1cnco1. The zero-order valence-electron chi connectivity index (χ0n) is 14.2. The van der Waals surface area contributed by atoms with E-state index in [4.69, 9.17) is 8.83 Å². The third-order valence-electron chi connectivity index (χ3n) is 3.75. The summed E-state index contributed by atoms with van der Waals surface area (Å²) in [4.78, 5) is 16.3. The summed E-state index contributed by atoms with van der Waals surface area (Å²) in [5, 5.41) is 2.86. The van der Waals surface area contributed by atoms with Crippen molar-refractivity contribution in [2.75, 3.05) is 5.32 Å². The Bertz CT molecular complexity index is 855. The molecule has 0 saturated heterocycles. The van der Waals surface area contributed by atoms with E-state index in [0.717, 1.165) is 16.9 Å². The number of benzene rings is 1. The molecular formula is C19H20N2O3. The van der Waals surface area contributed by atoms with E-state index in [0.29, 0.717) is 17.2 Å². The molecule has 124 valence electrons. The fraction of sp³-hybridized carbons (Fsp3) is 0.263. The van der Waals surface area contributed by atoms with Crippen LogP contribution in [0.15, 0.2) is 51.8 Å². The number of hydrogen-bond donors (Lipinski definition) is 1. The largest absolute Gasteiger partial charge is 0.455 e. The van der Waals surface area contributed by atoms with Crippen LogP contribution in [-0.2, 0) is 5.41 Å². The lowest BCUT2D eigenvalue weighted by molar-refractivity contribution is 0.0993. The first-order valence-corrected chi connectivity index (χ1v) is 7.76. The quantitative estimate of drug-likeness (QED) is 0.752. The lowest BCUT2D eigenvalue weighted by Gasteiger charge is -2.14. The molecule has 5 nitrogen and oxygen atoms in total. The molecule has 5 heteroatoms. The molecule has 24 heavy (non-hydrogen) atoms. The smallest absolute Gasteiger partial charge is 0.291 e. The first kappa shape index (κ1) is 16.1. The van der Waals surface area contributed by atoms with Crippen LogP contribution < -0.4 is 5.32 Å². The highest BCUT2D eigenvalue weighted by Crippen LogP contribution is 2.27. The molecule has 0 spiro atoms. The van der Waals surface area contributed by atoms with Crippen LogP contribution in [0.25, 0.3) is 11.3 Å². The normalized spacial score (nSPS) is 11.5. The van der Waals surface area contributed by atoms with E-state index >= 15 is 0 Å². The van der Waals surface area contributed by atoms with Crippen LogP contribution in [0.2, 0.25) is 0 Å². The van der Waals surface area contributed by atoms with Crippen molar-refractivity contribution >= 4 is 11.6 Å². The van der Waals surface area contributed by atoms with Gasteiger partial charge in [-0.25, -0.2) is 4.98 Å². The van der Waals surface area contributed by atoms with Gasteiger partial charge in [-0.15, -0.1) is 0 Å². The van der Waals surface area contributed by atoms with Gasteiger partial charge in [-0.3, -0.25) is 4.79 Å². The summed E-state index contributed by atoms with van der Waals surface area (Å²) in [7, 11) is 0. The Labute approximate surface area is 140 Å². The monoisotopic (exact) mass is 324 g/mol. The number of carbonyl (C=O) groups is 1. The summed E-state index contributed by atoms with van der Waals surface area (Å²) in [6.07, 6.45) is 3.06. The zero-order valence-corrected chi connectivity index (χ0v) is 14.2. The predicted molar refractivity (Wildman–Crippen MR) is 92.0 cm³/mol. The molecule has 0 aliphatic heterocycles. The Kier molecular flexibility index (Phi) is 4.01. The van der Waals surface area contributed by atoms with Crippen molar-refractivity contribution in [2.24, 2.45) is 0 Å². The third-order valence-corrected chi connectivity index (χ3v) is 3.75. The second kappa shape index (κ2) is 6.00. The van der Waals surface area contributed by atoms with Crippen LogP contribution in [0, 0.1) is 6.92 Å². The average molecular weight is 324 g/mol. The molecule has 1 amide bonds. The van der Waals surface area contributed by atoms with E-state index in [1.165, 1.54) is 6.39 Å². The van der Waals surface area contributed by atoms with E-state index < -0.39 is 0 Å². The van der Waals surface area contributed by atoms with Crippen LogP contribution in [0.4, 0.5) is 5.69 Å². The lowest BCUT2D eigenvalue weighted by Crippen LogP contribution is -2.12. The third kappa shape index (κ3) is 3.25. The van der Waals surface area contributed by atoms with Gasteiger partial charge in [0.25, 0.3) is 5.91 Å². The van der Waals surface area contributed by atoms with Gasteiger partial charge in [-0.1, -0.05) is 20.8 Å². The fourth-order valence-electron chi connectivity index (χ4n) is 2.42. The Morgan fingerprint density at radius 3 is 2.54 bits per heavy atom. The molecule has 0 radical (unpaired) electrons. The van der Waals surface area contributed by atoms with Gasteiger partial charge in [-0.2, -0.15) is 0 Å². The van der Waals surface area contributed by atoms with Gasteiger partial charge < -0.3 is 14.2 Å². The van der Waals surface area contributed by atoms with Crippen molar-refractivity contribution in [3.63, 3.8) is 0 Å². The highest BCUT2D eigenvalue weighted by Gasteiger charge is 2.20. The first-order valence-electron chi connectivity index (χ1n) is 7.76. The predicted octanol–water partition coefficient (Wildman–Crippen LogP) is 4.79. The molecule has 0 atom stereocenters. The van der Waals surface area contributed by atoms with Gasteiger partial charge in [0, 0.05) is 16.7 Å². The maximum Gasteiger partial charge on any atom is 0.291 e. The molecule has 3 aromatic rings. The number of aromatic nitrogens is 1. The number of carbonyl (C=O) groups excluding carboxylic acids is 1. The Hall–Kier alpha value is -2.82. The van der Waals surface area contributed by atoms with Crippen LogP contribution in [0.1, 0.15) is 42.6 Å². The number of furan rings is 1. The standard InChI is InChI=1S/C19H20N2O3/c1-12-9-13(5-6-14(12)16-10-20-11-23-16)21-18(22)15-7-8-17(24-15)19(2,3)4/h5-11H,1-4H3,(H,21,22).